The van der Waals surface area contributed by atoms with E-state index in [0.717, 1.165) is 19.0 Å². The molecule has 1 atom stereocenters. The van der Waals surface area contributed by atoms with E-state index < -0.39 is 0 Å². The number of guanidine groups is 1. The molecule has 0 radical (unpaired) electrons. The van der Waals surface area contributed by atoms with E-state index in [4.69, 9.17) is 0 Å². The fourth-order valence-corrected chi connectivity index (χ4v) is 4.91. The maximum atomic E-state index is 4.43. The Hall–Kier alpha value is -0.470. The van der Waals surface area contributed by atoms with E-state index in [-0.39, 0.29) is 24.0 Å². The number of nitrogens with zero attached hydrogens (tertiary/aromatic N) is 2. The highest BCUT2D eigenvalue weighted by atomic mass is 127. The largest absolute Gasteiger partial charge is 0.353 e. The third-order valence-corrected chi connectivity index (χ3v) is 6.60. The van der Waals surface area contributed by atoms with E-state index in [9.17, 15) is 0 Å². The minimum atomic E-state index is 0. The lowest BCUT2D eigenvalue weighted by Crippen LogP contribution is -2.45. The summed E-state index contributed by atoms with van der Waals surface area (Å²) < 4.78 is 0. The molecular weight excluding hydrogens is 467 g/mol. The Balaban J connectivity index is 0.00000261. The normalized spacial score (nSPS) is 21.8. The Morgan fingerprint density at radius 2 is 1.85 bits per heavy atom. The summed E-state index contributed by atoms with van der Waals surface area (Å²) >= 11 is 2.04. The van der Waals surface area contributed by atoms with Crippen molar-refractivity contribution in [3.05, 3.63) is 35.4 Å². The summed E-state index contributed by atoms with van der Waals surface area (Å²) in [7, 11) is 1.87. The molecule has 1 aromatic carbocycles. The number of nitrogens with one attached hydrogen (secondary N) is 2. The number of benzene rings is 1. The lowest BCUT2D eigenvalue weighted by molar-refractivity contribution is 0.276. The maximum Gasteiger partial charge on any atom is 0.191 e. The predicted octanol–water partition coefficient (Wildman–Crippen LogP) is 4.24. The van der Waals surface area contributed by atoms with Gasteiger partial charge < -0.3 is 10.6 Å². The van der Waals surface area contributed by atoms with Gasteiger partial charge in [-0.2, -0.15) is 11.8 Å². The van der Waals surface area contributed by atoms with Crippen LogP contribution in [-0.4, -0.2) is 48.5 Å². The lowest BCUT2D eigenvalue weighted by Gasteiger charge is -2.25. The van der Waals surface area contributed by atoms with Gasteiger partial charge in [-0.15, -0.1) is 24.0 Å². The molecule has 1 unspecified atom stereocenters. The lowest BCUT2D eigenvalue weighted by atomic mass is 10.1. The molecule has 152 valence electrons. The summed E-state index contributed by atoms with van der Waals surface area (Å²) in [5, 5.41) is 7.13. The zero-order chi connectivity index (χ0) is 18.0. The molecule has 1 aromatic rings. The van der Waals surface area contributed by atoms with Crippen LogP contribution in [0.2, 0.25) is 0 Å². The van der Waals surface area contributed by atoms with Crippen LogP contribution in [-0.2, 0) is 13.1 Å². The fourth-order valence-electron chi connectivity index (χ4n) is 3.84. The Bertz CT molecular complexity index is 567. The Morgan fingerprint density at radius 1 is 1.11 bits per heavy atom. The highest BCUT2D eigenvalue weighted by molar-refractivity contribution is 14.0. The van der Waals surface area contributed by atoms with E-state index >= 15 is 0 Å². The highest BCUT2D eigenvalue weighted by Gasteiger charge is 2.15. The first-order chi connectivity index (χ1) is 12.8. The molecule has 2 heterocycles. The van der Waals surface area contributed by atoms with Crippen LogP contribution in [0.4, 0.5) is 0 Å². The van der Waals surface area contributed by atoms with Gasteiger partial charge in [0, 0.05) is 31.9 Å². The van der Waals surface area contributed by atoms with Crippen LogP contribution in [0.5, 0.6) is 0 Å². The molecule has 2 aliphatic heterocycles. The number of halogens is 1. The van der Waals surface area contributed by atoms with Crippen molar-refractivity contribution in [1.29, 1.82) is 0 Å². The van der Waals surface area contributed by atoms with Gasteiger partial charge in [-0.3, -0.25) is 9.89 Å². The number of thioether (sulfide) groups is 1. The second-order valence-corrected chi connectivity index (χ2v) is 8.59. The van der Waals surface area contributed by atoms with Crippen LogP contribution in [0.1, 0.15) is 49.7 Å². The van der Waals surface area contributed by atoms with E-state index in [1.165, 1.54) is 74.2 Å². The van der Waals surface area contributed by atoms with Gasteiger partial charge in [-0.05, 0) is 55.7 Å². The van der Waals surface area contributed by atoms with Crippen LogP contribution in [0, 0.1) is 0 Å². The molecule has 6 heteroatoms. The molecule has 0 amide bonds. The van der Waals surface area contributed by atoms with Crippen molar-refractivity contribution in [3.63, 3.8) is 0 Å². The van der Waals surface area contributed by atoms with Gasteiger partial charge in [0.15, 0.2) is 5.96 Å². The number of hydrogen-bond acceptors (Lipinski definition) is 3. The summed E-state index contributed by atoms with van der Waals surface area (Å²) in [5.74, 6) is 3.42. The first-order valence-corrected chi connectivity index (χ1v) is 11.3. The van der Waals surface area contributed by atoms with Crippen LogP contribution in [0.15, 0.2) is 29.3 Å². The Morgan fingerprint density at radius 3 is 2.52 bits per heavy atom. The quantitative estimate of drug-likeness (QED) is 0.359. The monoisotopic (exact) mass is 502 g/mol. The molecule has 2 saturated heterocycles. The van der Waals surface area contributed by atoms with E-state index in [1.54, 1.807) is 0 Å². The van der Waals surface area contributed by atoms with Gasteiger partial charge >= 0.3 is 0 Å². The fraction of sp³-hybridized carbons (Fsp3) is 0.667. The average Bonchev–Trinajstić information content (AvgIpc) is 2.95. The van der Waals surface area contributed by atoms with Crippen molar-refractivity contribution in [2.24, 2.45) is 4.99 Å². The van der Waals surface area contributed by atoms with Gasteiger partial charge in [-0.1, -0.05) is 37.1 Å². The molecule has 4 nitrogen and oxygen atoms in total. The minimum absolute atomic E-state index is 0. The van der Waals surface area contributed by atoms with Gasteiger partial charge in [0.1, 0.15) is 0 Å². The molecule has 2 fully saturated rings. The van der Waals surface area contributed by atoms with Crippen LogP contribution in [0.3, 0.4) is 0 Å². The third kappa shape index (κ3) is 7.81. The van der Waals surface area contributed by atoms with Crippen molar-refractivity contribution in [2.45, 2.75) is 57.7 Å². The number of hydrogen-bond donors (Lipinski definition) is 2. The van der Waals surface area contributed by atoms with Gasteiger partial charge in [0.05, 0.1) is 0 Å². The molecule has 0 spiro atoms. The molecule has 3 rings (SSSR count). The molecule has 0 bridgehead atoms. The Kier molecular flexibility index (Phi) is 10.9. The summed E-state index contributed by atoms with van der Waals surface area (Å²) in [6.07, 6.45) is 8.02. The molecule has 2 aliphatic rings. The van der Waals surface area contributed by atoms with Crippen molar-refractivity contribution in [3.8, 4) is 0 Å². The van der Waals surface area contributed by atoms with E-state index in [1.807, 2.05) is 18.8 Å². The predicted molar refractivity (Wildman–Crippen MR) is 129 cm³/mol. The van der Waals surface area contributed by atoms with Gasteiger partial charge in [0.2, 0.25) is 0 Å². The zero-order valence-corrected chi connectivity index (χ0v) is 19.7. The molecule has 0 saturated carbocycles. The second kappa shape index (κ2) is 12.9. The third-order valence-electron chi connectivity index (χ3n) is 5.38. The molecular formula is C21H35IN4S. The van der Waals surface area contributed by atoms with Crippen LogP contribution < -0.4 is 10.6 Å². The minimum Gasteiger partial charge on any atom is -0.353 e. The summed E-state index contributed by atoms with van der Waals surface area (Å²) in [6, 6.07) is 9.41. The van der Waals surface area contributed by atoms with Crippen molar-refractivity contribution >= 4 is 41.7 Å². The highest BCUT2D eigenvalue weighted by Crippen LogP contribution is 2.18. The van der Waals surface area contributed by atoms with Crippen molar-refractivity contribution in [2.75, 3.05) is 31.6 Å². The smallest absolute Gasteiger partial charge is 0.191 e. The van der Waals surface area contributed by atoms with Crippen LogP contribution in [0.25, 0.3) is 0 Å². The molecule has 27 heavy (non-hydrogen) atoms. The summed E-state index contributed by atoms with van der Waals surface area (Å²) in [4.78, 5) is 7.05. The molecule has 0 aliphatic carbocycles. The van der Waals surface area contributed by atoms with E-state index in [0.29, 0.717) is 6.04 Å². The molecule has 0 aromatic heterocycles. The van der Waals surface area contributed by atoms with Gasteiger partial charge in [0.25, 0.3) is 0 Å². The second-order valence-electron chi connectivity index (χ2n) is 7.44. The van der Waals surface area contributed by atoms with Gasteiger partial charge in [-0.25, -0.2) is 0 Å². The zero-order valence-electron chi connectivity index (χ0n) is 16.6. The number of rotatable bonds is 5. The Labute approximate surface area is 186 Å². The number of likely N-dealkylation sites (tertiary alicyclic amines) is 1. The average molecular weight is 503 g/mol. The van der Waals surface area contributed by atoms with Crippen molar-refractivity contribution < 1.29 is 0 Å². The first-order valence-electron chi connectivity index (χ1n) is 10.2. The standard InChI is InChI=1S/C21H34N4S.HI/c1-22-21(24-20-11-8-14-26-17-20)23-15-18-9-4-5-10-19(18)16-25-12-6-2-3-7-13-25;/h4-5,9-10,20H,2-3,6-8,11-17H2,1H3,(H2,22,23,24);1H. The summed E-state index contributed by atoms with van der Waals surface area (Å²) in [6.45, 7) is 4.39. The molecule has 2 N–H and O–H groups in total. The van der Waals surface area contributed by atoms with Crippen LogP contribution >= 0.6 is 35.7 Å². The SMILES string of the molecule is CN=C(NCc1ccccc1CN1CCCCCC1)NC1CCCSC1.I. The van der Waals surface area contributed by atoms with Crippen molar-refractivity contribution in [1.82, 2.24) is 15.5 Å². The van der Waals surface area contributed by atoms with E-state index in [2.05, 4.69) is 44.8 Å². The maximum absolute atomic E-state index is 4.43. The summed E-state index contributed by atoms with van der Waals surface area (Å²) in [5.41, 5.74) is 2.84. The number of aliphatic imine (C=N–C) groups is 1. The first kappa shape index (κ1) is 22.8. The topological polar surface area (TPSA) is 39.7 Å².